The van der Waals surface area contributed by atoms with E-state index in [2.05, 4.69) is 71.9 Å². The Morgan fingerprint density at radius 2 is 1.79 bits per heavy atom. The molecule has 0 radical (unpaired) electrons. The van der Waals surface area contributed by atoms with Gasteiger partial charge in [-0.05, 0) is 108 Å². The van der Waals surface area contributed by atoms with Gasteiger partial charge in [-0.1, -0.05) is 68.0 Å². The lowest BCUT2D eigenvalue weighted by atomic mass is 9.79. The van der Waals surface area contributed by atoms with Crippen molar-refractivity contribution in [2.75, 3.05) is 7.11 Å². The van der Waals surface area contributed by atoms with Gasteiger partial charge in [0.15, 0.2) is 0 Å². The maximum Gasteiger partial charge on any atom is 0.311 e. The summed E-state index contributed by atoms with van der Waals surface area (Å²) in [6, 6.07) is 10.2. The fourth-order valence-electron chi connectivity index (χ4n) is 6.22. The predicted molar refractivity (Wildman–Crippen MR) is 176 cm³/mol. The molecule has 1 N–H and O–H groups in total. The number of hydrogen-bond acceptors (Lipinski definition) is 5. The van der Waals surface area contributed by atoms with E-state index in [1.807, 2.05) is 32.0 Å². The summed E-state index contributed by atoms with van der Waals surface area (Å²) in [4.78, 5) is 12.9. The predicted octanol–water partition coefficient (Wildman–Crippen LogP) is 8.78. The van der Waals surface area contributed by atoms with Crippen LogP contribution in [0.1, 0.15) is 94.5 Å². The summed E-state index contributed by atoms with van der Waals surface area (Å²) >= 11 is 0. The fourth-order valence-corrected chi connectivity index (χ4v) is 6.22. The van der Waals surface area contributed by atoms with Crippen LogP contribution in [0, 0.1) is 38.5 Å². The minimum Gasteiger partial charge on any atom is -0.488 e. The maximum absolute atomic E-state index is 12.9. The first-order valence-corrected chi connectivity index (χ1v) is 15.9. The van der Waals surface area contributed by atoms with Crippen LogP contribution in [-0.2, 0) is 22.6 Å². The first kappa shape index (κ1) is 34.4. The van der Waals surface area contributed by atoms with Gasteiger partial charge in [0.05, 0.1) is 19.1 Å². The van der Waals surface area contributed by atoms with Crippen molar-refractivity contribution in [3.63, 3.8) is 0 Å². The Bertz CT molecular complexity index is 1270. The number of fused-ring (bicyclic) bond motifs is 1. The van der Waals surface area contributed by atoms with Crippen LogP contribution >= 0.6 is 0 Å². The van der Waals surface area contributed by atoms with Crippen molar-refractivity contribution in [3.8, 4) is 11.5 Å². The van der Waals surface area contributed by atoms with Crippen LogP contribution < -0.4 is 9.47 Å². The second-order valence-electron chi connectivity index (χ2n) is 13.1. The van der Waals surface area contributed by atoms with Crippen molar-refractivity contribution in [2.24, 2.45) is 17.8 Å². The quantitative estimate of drug-likeness (QED) is 0.176. The molecule has 43 heavy (non-hydrogen) atoms. The Balaban J connectivity index is 1.71. The van der Waals surface area contributed by atoms with Gasteiger partial charge in [-0.3, -0.25) is 4.79 Å². The molecule has 0 spiro atoms. The number of benzene rings is 2. The topological polar surface area (TPSA) is 65.0 Å². The monoisotopic (exact) mass is 590 g/mol. The molecule has 1 aliphatic heterocycles. The largest absolute Gasteiger partial charge is 0.488 e. The van der Waals surface area contributed by atoms with E-state index in [1.54, 1.807) is 0 Å². The van der Waals surface area contributed by atoms with Crippen LogP contribution in [0.15, 0.2) is 54.1 Å². The molecule has 0 aromatic heterocycles. The molecular formula is C38H54O5. The highest BCUT2D eigenvalue weighted by molar-refractivity contribution is 5.73. The molecule has 5 atom stereocenters. The molecule has 0 fully saturated rings. The number of aliphatic hydroxyl groups excluding tert-OH is 1. The van der Waals surface area contributed by atoms with Crippen LogP contribution in [0.25, 0.3) is 0 Å². The standard InChI is InChI=1S/C38H54O5/c1-25(2)15-13-16-26(3)17-14-18-27(4)34(37(40)41-9)33(39)23-38(8)22-21-32-30(7)35(28(5)29(6)36(32)43-38)42-24-31-19-11-10-12-20-31/h10-12,14-15,18-20,26-27,33-34,39H,13,16-17,21-24H2,1-9H3/b18-14+/t26-,27-,33?,34?,38+/m1/s1. The third kappa shape index (κ3) is 9.22. The number of rotatable bonds is 14. The first-order chi connectivity index (χ1) is 20.4. The van der Waals surface area contributed by atoms with Crippen LogP contribution in [-0.4, -0.2) is 29.9 Å². The maximum atomic E-state index is 12.9. The van der Waals surface area contributed by atoms with Crippen LogP contribution in [0.4, 0.5) is 0 Å². The number of aliphatic hydroxyl groups is 1. The van der Waals surface area contributed by atoms with Gasteiger partial charge < -0.3 is 19.3 Å². The summed E-state index contributed by atoms with van der Waals surface area (Å²) in [7, 11) is 1.39. The number of carbonyl (C=O) groups excluding carboxylic acids is 1. The lowest BCUT2D eigenvalue weighted by Crippen LogP contribution is -2.44. The van der Waals surface area contributed by atoms with Gasteiger partial charge in [-0.25, -0.2) is 0 Å². The molecule has 1 heterocycles. The lowest BCUT2D eigenvalue weighted by Gasteiger charge is -2.40. The molecular weight excluding hydrogens is 536 g/mol. The first-order valence-electron chi connectivity index (χ1n) is 15.9. The van der Waals surface area contributed by atoms with E-state index in [4.69, 9.17) is 14.2 Å². The Labute approximate surface area is 260 Å². The highest BCUT2D eigenvalue weighted by Gasteiger charge is 2.41. The smallest absolute Gasteiger partial charge is 0.311 e. The summed E-state index contributed by atoms with van der Waals surface area (Å²) in [5.74, 6) is 1.14. The van der Waals surface area contributed by atoms with Gasteiger partial charge in [0.1, 0.15) is 23.7 Å². The Kier molecular flexibility index (Phi) is 12.5. The number of esters is 1. The second-order valence-corrected chi connectivity index (χ2v) is 13.1. The highest BCUT2D eigenvalue weighted by Crippen LogP contribution is 2.45. The van der Waals surface area contributed by atoms with Gasteiger partial charge >= 0.3 is 5.97 Å². The Morgan fingerprint density at radius 3 is 2.44 bits per heavy atom. The third-order valence-corrected chi connectivity index (χ3v) is 9.07. The molecule has 3 rings (SSSR count). The number of hydrogen-bond donors (Lipinski definition) is 1. The number of allylic oxidation sites excluding steroid dienone is 4. The van der Waals surface area contributed by atoms with Crippen molar-refractivity contribution in [1.82, 2.24) is 0 Å². The van der Waals surface area contributed by atoms with Gasteiger partial charge in [0, 0.05) is 12.0 Å². The molecule has 5 nitrogen and oxygen atoms in total. The molecule has 0 bridgehead atoms. The minimum atomic E-state index is -0.898. The SMILES string of the molecule is COC(=O)C(C(O)C[C@]1(C)CCc2c(C)c(OCc3ccccc3)c(C)c(C)c2O1)[C@H](C)/C=C/C[C@H](C)CCC=C(C)C. The van der Waals surface area contributed by atoms with E-state index < -0.39 is 17.6 Å². The zero-order valence-corrected chi connectivity index (χ0v) is 28.0. The third-order valence-electron chi connectivity index (χ3n) is 9.07. The molecule has 236 valence electrons. The molecule has 5 heteroatoms. The van der Waals surface area contributed by atoms with Crippen molar-refractivity contribution in [1.29, 1.82) is 0 Å². The summed E-state index contributed by atoms with van der Waals surface area (Å²) in [5, 5.41) is 11.5. The summed E-state index contributed by atoms with van der Waals surface area (Å²) in [6.45, 7) is 17.3. The molecule has 0 aliphatic carbocycles. The molecule has 2 aromatic carbocycles. The summed E-state index contributed by atoms with van der Waals surface area (Å²) in [6.07, 6.45) is 10.6. The van der Waals surface area contributed by atoms with Gasteiger partial charge in [0.2, 0.25) is 0 Å². The second kappa shape index (κ2) is 15.6. The van der Waals surface area contributed by atoms with Gasteiger partial charge in [-0.2, -0.15) is 0 Å². The van der Waals surface area contributed by atoms with Crippen LogP contribution in [0.2, 0.25) is 0 Å². The van der Waals surface area contributed by atoms with Gasteiger partial charge in [0.25, 0.3) is 0 Å². The molecule has 2 aromatic rings. The van der Waals surface area contributed by atoms with Crippen molar-refractivity contribution in [2.45, 2.75) is 112 Å². The van der Waals surface area contributed by atoms with E-state index in [-0.39, 0.29) is 11.9 Å². The van der Waals surface area contributed by atoms with E-state index in [0.717, 1.165) is 71.4 Å². The van der Waals surface area contributed by atoms with E-state index in [0.29, 0.717) is 18.9 Å². The lowest BCUT2D eigenvalue weighted by molar-refractivity contribution is -0.152. The highest BCUT2D eigenvalue weighted by atomic mass is 16.5. The zero-order valence-electron chi connectivity index (χ0n) is 28.0. The van der Waals surface area contributed by atoms with Crippen molar-refractivity contribution >= 4 is 5.97 Å². The Morgan fingerprint density at radius 1 is 1.09 bits per heavy atom. The van der Waals surface area contributed by atoms with Crippen LogP contribution in [0.5, 0.6) is 11.5 Å². The van der Waals surface area contributed by atoms with Crippen molar-refractivity contribution < 1.29 is 24.1 Å². The molecule has 1 aliphatic rings. The average Bonchev–Trinajstić information content (AvgIpc) is 2.96. The van der Waals surface area contributed by atoms with Crippen molar-refractivity contribution in [3.05, 3.63) is 82.0 Å². The number of ether oxygens (including phenoxy) is 3. The summed E-state index contributed by atoms with van der Waals surface area (Å²) in [5.41, 5.74) is 6.27. The zero-order chi connectivity index (χ0) is 31.7. The number of carbonyl (C=O) groups is 1. The number of methoxy groups -OCH3 is 1. The fraction of sp³-hybridized carbons (Fsp3) is 0.553. The minimum absolute atomic E-state index is 0.164. The molecule has 0 saturated carbocycles. The van der Waals surface area contributed by atoms with E-state index in [9.17, 15) is 9.90 Å². The molecule has 0 saturated heterocycles. The van der Waals surface area contributed by atoms with E-state index in [1.165, 1.54) is 12.7 Å². The van der Waals surface area contributed by atoms with Gasteiger partial charge in [-0.15, -0.1) is 0 Å². The normalized spacial score (nSPS) is 19.1. The molecule has 0 amide bonds. The van der Waals surface area contributed by atoms with Crippen LogP contribution in [0.3, 0.4) is 0 Å². The Hall–Kier alpha value is -3.05. The van der Waals surface area contributed by atoms with E-state index >= 15 is 0 Å². The summed E-state index contributed by atoms with van der Waals surface area (Å²) < 4.78 is 18.2. The molecule has 2 unspecified atom stereocenters. The average molecular weight is 591 g/mol.